The van der Waals surface area contributed by atoms with Crippen molar-refractivity contribution in [1.29, 1.82) is 0 Å². The molecule has 1 saturated heterocycles. The maximum atomic E-state index is 12.8. The third-order valence-corrected chi connectivity index (χ3v) is 5.22. The normalized spacial score (nSPS) is 26.2. The Labute approximate surface area is 149 Å². The molecule has 1 fully saturated rings. The van der Waals surface area contributed by atoms with Crippen LogP contribution in [0.4, 0.5) is 0 Å². The van der Waals surface area contributed by atoms with Crippen molar-refractivity contribution in [3.63, 3.8) is 0 Å². The van der Waals surface area contributed by atoms with E-state index in [2.05, 4.69) is 5.32 Å². The van der Waals surface area contributed by atoms with Gasteiger partial charge < -0.3 is 15.3 Å². The summed E-state index contributed by atoms with van der Waals surface area (Å²) in [4.78, 5) is 27.1. The quantitative estimate of drug-likeness (QED) is 0.863. The van der Waals surface area contributed by atoms with Gasteiger partial charge in [0.2, 0.25) is 11.8 Å². The van der Waals surface area contributed by atoms with E-state index < -0.39 is 11.5 Å². The molecule has 1 heterocycles. The summed E-state index contributed by atoms with van der Waals surface area (Å²) in [7, 11) is 0. The van der Waals surface area contributed by atoms with E-state index in [-0.39, 0.29) is 23.8 Å². The molecule has 25 heavy (non-hydrogen) atoms. The number of rotatable bonds is 2. The van der Waals surface area contributed by atoms with Crippen molar-refractivity contribution in [2.45, 2.75) is 52.2 Å². The summed E-state index contributed by atoms with van der Waals surface area (Å²) in [6.07, 6.45) is 1.60. The van der Waals surface area contributed by atoms with E-state index in [1.807, 2.05) is 49.9 Å². The molecule has 1 aliphatic heterocycles. The second-order valence-corrected chi connectivity index (χ2v) is 8.30. The highest BCUT2D eigenvalue weighted by atomic mass is 16.3. The van der Waals surface area contributed by atoms with E-state index in [1.165, 1.54) is 0 Å². The van der Waals surface area contributed by atoms with Crippen LogP contribution >= 0.6 is 0 Å². The summed E-state index contributed by atoms with van der Waals surface area (Å²) in [6, 6.07) is 7.49. The smallest absolute Gasteiger partial charge is 0.227 e. The minimum absolute atomic E-state index is 0.0628. The van der Waals surface area contributed by atoms with Crippen molar-refractivity contribution in [2.24, 2.45) is 11.3 Å². The first-order valence-corrected chi connectivity index (χ1v) is 9.13. The maximum Gasteiger partial charge on any atom is 0.227 e. The molecule has 5 nitrogen and oxygen atoms in total. The van der Waals surface area contributed by atoms with Crippen LogP contribution in [0.15, 0.2) is 24.3 Å². The number of nitrogens with zero attached hydrogens (tertiary/aromatic N) is 1. The summed E-state index contributed by atoms with van der Waals surface area (Å²) < 4.78 is 0. The fraction of sp³-hybridized carbons (Fsp3) is 0.600. The number of hydrogen-bond acceptors (Lipinski definition) is 3. The molecule has 3 atom stereocenters. The summed E-state index contributed by atoms with van der Waals surface area (Å²) in [6.45, 7) is 6.90. The molecule has 2 amide bonds. The number of aliphatic hydroxyl groups is 1. The standard InChI is InChI=1S/C20H28N2O3/c1-20(2,3)19(25)22-10-6-8-14(12-22)18(24)21-17-15-9-5-4-7-13(15)11-16(17)23/h4-5,7,9,14,16-17,23H,6,8,10-12H2,1-3H3,(H,21,24)/t14-,16+,17-/m0/s1. The number of fused-ring (bicyclic) bond motifs is 1. The first kappa shape index (κ1) is 17.9. The molecule has 1 aliphatic carbocycles. The first-order chi connectivity index (χ1) is 11.8. The lowest BCUT2D eigenvalue weighted by molar-refractivity contribution is -0.143. The van der Waals surface area contributed by atoms with Crippen LogP contribution in [0.3, 0.4) is 0 Å². The number of nitrogens with one attached hydrogen (secondary N) is 1. The molecule has 136 valence electrons. The third kappa shape index (κ3) is 3.71. The summed E-state index contributed by atoms with van der Waals surface area (Å²) in [5.41, 5.74) is 1.66. The number of aliphatic hydroxyl groups excluding tert-OH is 1. The Kier molecular flexibility index (Phi) is 4.87. The lowest BCUT2D eigenvalue weighted by Gasteiger charge is -2.36. The molecule has 0 unspecified atom stereocenters. The van der Waals surface area contributed by atoms with E-state index in [1.54, 1.807) is 0 Å². The maximum absolute atomic E-state index is 12.8. The summed E-state index contributed by atoms with van der Waals surface area (Å²) in [5.74, 6) is -0.177. The van der Waals surface area contributed by atoms with Crippen LogP contribution in [-0.2, 0) is 16.0 Å². The van der Waals surface area contributed by atoms with Crippen LogP contribution in [0, 0.1) is 11.3 Å². The molecule has 1 aromatic rings. The van der Waals surface area contributed by atoms with Crippen LogP contribution in [-0.4, -0.2) is 41.0 Å². The SMILES string of the molecule is CC(C)(C)C(=O)N1CCC[C@H](C(=O)N[C@H]2c3ccccc3C[C@H]2O)C1. The highest BCUT2D eigenvalue weighted by Gasteiger charge is 2.36. The predicted octanol–water partition coefficient (Wildman–Crippen LogP) is 2.05. The Morgan fingerprint density at radius 3 is 2.68 bits per heavy atom. The van der Waals surface area contributed by atoms with Gasteiger partial charge in [-0.2, -0.15) is 0 Å². The van der Waals surface area contributed by atoms with Crippen molar-refractivity contribution >= 4 is 11.8 Å². The third-order valence-electron chi connectivity index (χ3n) is 5.22. The number of piperidine rings is 1. The van der Waals surface area contributed by atoms with E-state index in [4.69, 9.17) is 0 Å². The highest BCUT2D eigenvalue weighted by Crippen LogP contribution is 2.32. The molecular formula is C20H28N2O3. The van der Waals surface area contributed by atoms with Crippen LogP contribution in [0.1, 0.15) is 50.8 Å². The molecule has 0 saturated carbocycles. The minimum Gasteiger partial charge on any atom is -0.390 e. The van der Waals surface area contributed by atoms with Crippen LogP contribution in [0.5, 0.6) is 0 Å². The number of carbonyl (C=O) groups excluding carboxylic acids is 2. The summed E-state index contributed by atoms with van der Waals surface area (Å²) >= 11 is 0. The molecule has 0 spiro atoms. The van der Waals surface area contributed by atoms with Gasteiger partial charge in [-0.15, -0.1) is 0 Å². The van der Waals surface area contributed by atoms with Gasteiger partial charge in [0.25, 0.3) is 0 Å². The molecule has 2 N–H and O–H groups in total. The Morgan fingerprint density at radius 2 is 1.96 bits per heavy atom. The van der Waals surface area contributed by atoms with Crippen LogP contribution < -0.4 is 5.32 Å². The Bertz CT molecular complexity index is 665. The minimum atomic E-state index is -0.586. The van der Waals surface area contributed by atoms with E-state index >= 15 is 0 Å². The lowest BCUT2D eigenvalue weighted by atomic mass is 9.90. The van der Waals surface area contributed by atoms with Crippen molar-refractivity contribution in [1.82, 2.24) is 10.2 Å². The largest absolute Gasteiger partial charge is 0.390 e. The van der Waals surface area contributed by atoms with Gasteiger partial charge in [0.15, 0.2) is 0 Å². The lowest BCUT2D eigenvalue weighted by Crippen LogP contribution is -2.49. The second-order valence-electron chi connectivity index (χ2n) is 8.30. The van der Waals surface area contributed by atoms with Gasteiger partial charge in [0, 0.05) is 24.9 Å². The van der Waals surface area contributed by atoms with Gasteiger partial charge in [-0.3, -0.25) is 9.59 Å². The highest BCUT2D eigenvalue weighted by molar-refractivity contribution is 5.84. The van der Waals surface area contributed by atoms with Crippen molar-refractivity contribution in [3.8, 4) is 0 Å². The Morgan fingerprint density at radius 1 is 1.24 bits per heavy atom. The van der Waals surface area contributed by atoms with Crippen LogP contribution in [0.25, 0.3) is 0 Å². The molecule has 5 heteroatoms. The average molecular weight is 344 g/mol. The monoisotopic (exact) mass is 344 g/mol. The molecule has 1 aromatic carbocycles. The van der Waals surface area contributed by atoms with Gasteiger partial charge in [0.1, 0.15) is 0 Å². The average Bonchev–Trinajstić information content (AvgIpc) is 2.89. The van der Waals surface area contributed by atoms with Gasteiger partial charge >= 0.3 is 0 Å². The first-order valence-electron chi connectivity index (χ1n) is 9.13. The fourth-order valence-corrected chi connectivity index (χ4v) is 3.87. The van der Waals surface area contributed by atoms with Crippen molar-refractivity contribution < 1.29 is 14.7 Å². The van der Waals surface area contributed by atoms with E-state index in [0.29, 0.717) is 13.0 Å². The van der Waals surface area contributed by atoms with Gasteiger partial charge in [-0.05, 0) is 24.0 Å². The van der Waals surface area contributed by atoms with Gasteiger partial charge in [-0.25, -0.2) is 0 Å². The molecule has 3 rings (SSSR count). The number of likely N-dealkylation sites (tertiary alicyclic amines) is 1. The number of amides is 2. The van der Waals surface area contributed by atoms with Crippen molar-refractivity contribution in [3.05, 3.63) is 35.4 Å². The molecular weight excluding hydrogens is 316 g/mol. The Balaban J connectivity index is 1.66. The molecule has 0 aromatic heterocycles. The van der Waals surface area contributed by atoms with Crippen LogP contribution in [0.2, 0.25) is 0 Å². The zero-order valence-electron chi connectivity index (χ0n) is 15.3. The predicted molar refractivity (Wildman–Crippen MR) is 95.8 cm³/mol. The zero-order chi connectivity index (χ0) is 18.2. The molecule has 0 bridgehead atoms. The van der Waals surface area contributed by atoms with E-state index in [0.717, 1.165) is 30.5 Å². The number of hydrogen-bond donors (Lipinski definition) is 2. The fourth-order valence-electron chi connectivity index (χ4n) is 3.87. The summed E-state index contributed by atoms with van der Waals surface area (Å²) in [5, 5.41) is 13.4. The van der Waals surface area contributed by atoms with Gasteiger partial charge in [-0.1, -0.05) is 45.0 Å². The number of carbonyl (C=O) groups is 2. The zero-order valence-corrected chi connectivity index (χ0v) is 15.3. The Hall–Kier alpha value is -1.88. The van der Waals surface area contributed by atoms with Gasteiger partial charge in [0.05, 0.1) is 18.1 Å². The molecule has 2 aliphatic rings. The second kappa shape index (κ2) is 6.79. The number of benzene rings is 1. The van der Waals surface area contributed by atoms with E-state index in [9.17, 15) is 14.7 Å². The topological polar surface area (TPSA) is 69.6 Å². The molecule has 0 radical (unpaired) electrons. The van der Waals surface area contributed by atoms with Crippen molar-refractivity contribution in [2.75, 3.05) is 13.1 Å².